The highest BCUT2D eigenvalue weighted by Crippen LogP contribution is 2.14. The van der Waals surface area contributed by atoms with E-state index in [0.29, 0.717) is 13.2 Å². The molecule has 9 heteroatoms. The fourth-order valence-electron chi connectivity index (χ4n) is 2.56. The average molecular weight is 388 g/mol. The van der Waals surface area contributed by atoms with Crippen LogP contribution < -0.4 is 10.6 Å². The van der Waals surface area contributed by atoms with Crippen LogP contribution in [0.4, 0.5) is 0 Å². The second kappa shape index (κ2) is 10.5. The van der Waals surface area contributed by atoms with Gasteiger partial charge in [0.15, 0.2) is 5.96 Å². The number of guanidine groups is 1. The molecule has 1 heterocycles. The third-order valence-electron chi connectivity index (χ3n) is 4.00. The molecule has 0 saturated carbocycles. The first kappa shape index (κ1) is 22.4. The molecule has 0 saturated heterocycles. The van der Waals surface area contributed by atoms with E-state index in [4.69, 9.17) is 4.74 Å². The molecule has 1 rings (SSSR count). The Morgan fingerprint density at radius 2 is 2.04 bits per heavy atom. The average Bonchev–Trinajstić information content (AvgIpc) is 2.76. The Balaban J connectivity index is 2.50. The van der Waals surface area contributed by atoms with Crippen LogP contribution in [0.2, 0.25) is 0 Å². The molecular weight excluding hydrogens is 354 g/mol. The standard InChI is InChI=1S/C17H33N5O3S/c1-7-18-17(19-8-9-25-10-11-26(6,23)24)20-13(2)12-16-14(3)21-22(5)15(16)4/h13H,7-12H2,1-6H3,(H2,18,19,20). The number of ether oxygens (including phenoxy) is 1. The van der Waals surface area contributed by atoms with Crippen molar-refractivity contribution < 1.29 is 13.2 Å². The first-order chi connectivity index (χ1) is 12.1. The van der Waals surface area contributed by atoms with Gasteiger partial charge < -0.3 is 15.4 Å². The van der Waals surface area contributed by atoms with Gasteiger partial charge in [0.2, 0.25) is 0 Å². The molecule has 150 valence electrons. The molecule has 26 heavy (non-hydrogen) atoms. The second-order valence-corrected chi connectivity index (χ2v) is 8.79. The second-order valence-electron chi connectivity index (χ2n) is 6.53. The lowest BCUT2D eigenvalue weighted by Crippen LogP contribution is -2.43. The number of nitrogens with one attached hydrogen (secondary N) is 2. The van der Waals surface area contributed by atoms with E-state index in [2.05, 4.69) is 34.6 Å². The lowest BCUT2D eigenvalue weighted by atomic mass is 10.1. The van der Waals surface area contributed by atoms with Crippen LogP contribution in [-0.2, 0) is 28.0 Å². The van der Waals surface area contributed by atoms with Crippen molar-refractivity contribution in [1.82, 2.24) is 20.4 Å². The van der Waals surface area contributed by atoms with Crippen molar-refractivity contribution in [3.05, 3.63) is 17.0 Å². The Morgan fingerprint density at radius 1 is 1.35 bits per heavy atom. The quantitative estimate of drug-likeness (QED) is 0.346. The predicted octanol–water partition coefficient (Wildman–Crippen LogP) is 0.584. The summed E-state index contributed by atoms with van der Waals surface area (Å²) in [6.45, 7) is 10.1. The molecule has 0 amide bonds. The SMILES string of the molecule is CCNC(=NCCOCCS(C)(=O)=O)NC(C)Cc1c(C)nn(C)c1C. The van der Waals surface area contributed by atoms with Gasteiger partial charge in [-0.1, -0.05) is 0 Å². The minimum absolute atomic E-state index is 0.0376. The molecule has 0 aliphatic carbocycles. The molecule has 0 radical (unpaired) electrons. The zero-order valence-corrected chi connectivity index (χ0v) is 17.6. The van der Waals surface area contributed by atoms with Gasteiger partial charge in [-0.05, 0) is 39.7 Å². The molecule has 1 atom stereocenters. The summed E-state index contributed by atoms with van der Waals surface area (Å²) >= 11 is 0. The summed E-state index contributed by atoms with van der Waals surface area (Å²) in [4.78, 5) is 4.48. The smallest absolute Gasteiger partial charge is 0.191 e. The Hall–Kier alpha value is -1.61. The van der Waals surface area contributed by atoms with E-state index < -0.39 is 9.84 Å². The number of aryl methyl sites for hydroxylation is 2. The maximum absolute atomic E-state index is 11.0. The van der Waals surface area contributed by atoms with Crippen LogP contribution in [0.15, 0.2) is 4.99 Å². The van der Waals surface area contributed by atoms with Crippen molar-refractivity contribution >= 4 is 15.8 Å². The van der Waals surface area contributed by atoms with Crippen LogP contribution >= 0.6 is 0 Å². The molecule has 0 bridgehead atoms. The van der Waals surface area contributed by atoms with E-state index in [9.17, 15) is 8.42 Å². The molecule has 1 aromatic heterocycles. The molecule has 2 N–H and O–H groups in total. The fourth-order valence-corrected chi connectivity index (χ4v) is 2.98. The Labute approximate surface area is 157 Å². The third-order valence-corrected chi connectivity index (χ3v) is 4.91. The van der Waals surface area contributed by atoms with E-state index in [-0.39, 0.29) is 18.4 Å². The molecule has 1 aromatic rings. The van der Waals surface area contributed by atoms with Crippen LogP contribution in [0.3, 0.4) is 0 Å². The van der Waals surface area contributed by atoms with Crippen molar-refractivity contribution in [1.29, 1.82) is 0 Å². The normalized spacial score (nSPS) is 13.7. The van der Waals surface area contributed by atoms with Crippen LogP contribution in [0.25, 0.3) is 0 Å². The topological polar surface area (TPSA) is 97.6 Å². The highest BCUT2D eigenvalue weighted by atomic mass is 32.2. The summed E-state index contributed by atoms with van der Waals surface area (Å²) in [5.41, 5.74) is 3.49. The first-order valence-corrected chi connectivity index (χ1v) is 11.0. The van der Waals surface area contributed by atoms with Crippen LogP contribution in [-0.4, -0.2) is 68.5 Å². The van der Waals surface area contributed by atoms with Crippen molar-refractivity contribution in [2.75, 3.05) is 38.3 Å². The summed E-state index contributed by atoms with van der Waals surface area (Å²) in [5, 5.41) is 11.1. The van der Waals surface area contributed by atoms with Gasteiger partial charge in [-0.25, -0.2) is 8.42 Å². The van der Waals surface area contributed by atoms with Crippen molar-refractivity contribution in [2.45, 2.75) is 40.2 Å². The van der Waals surface area contributed by atoms with E-state index in [1.807, 2.05) is 25.6 Å². The number of nitrogens with zero attached hydrogens (tertiary/aromatic N) is 3. The van der Waals surface area contributed by atoms with E-state index >= 15 is 0 Å². The molecule has 0 aromatic carbocycles. The van der Waals surface area contributed by atoms with Gasteiger partial charge in [-0.2, -0.15) is 5.10 Å². The first-order valence-electron chi connectivity index (χ1n) is 8.93. The molecule has 8 nitrogen and oxygen atoms in total. The molecule has 0 aliphatic rings. The summed E-state index contributed by atoms with van der Waals surface area (Å²) in [6.07, 6.45) is 2.07. The monoisotopic (exact) mass is 387 g/mol. The number of hydrogen-bond donors (Lipinski definition) is 2. The van der Waals surface area contributed by atoms with Gasteiger partial charge >= 0.3 is 0 Å². The zero-order valence-electron chi connectivity index (χ0n) is 16.8. The van der Waals surface area contributed by atoms with Gasteiger partial charge in [0.25, 0.3) is 0 Å². The molecule has 0 aliphatic heterocycles. The molecule has 1 unspecified atom stereocenters. The minimum Gasteiger partial charge on any atom is -0.378 e. The Kier molecular flexibility index (Phi) is 9.07. The minimum atomic E-state index is -2.98. The van der Waals surface area contributed by atoms with Gasteiger partial charge in [-0.3, -0.25) is 9.67 Å². The highest BCUT2D eigenvalue weighted by Gasteiger charge is 2.14. The van der Waals surface area contributed by atoms with E-state index in [1.54, 1.807) is 0 Å². The maximum atomic E-state index is 11.0. The molecule has 0 spiro atoms. The molecular formula is C17H33N5O3S. The lowest BCUT2D eigenvalue weighted by molar-refractivity contribution is 0.157. The van der Waals surface area contributed by atoms with Gasteiger partial charge in [0, 0.05) is 31.6 Å². The zero-order chi connectivity index (χ0) is 19.7. The summed E-state index contributed by atoms with van der Waals surface area (Å²) in [7, 11) is -1.02. The Bertz CT molecular complexity index is 697. The number of aliphatic imine (C=N–C) groups is 1. The third kappa shape index (κ3) is 8.18. The van der Waals surface area contributed by atoms with Crippen LogP contribution in [0.5, 0.6) is 0 Å². The van der Waals surface area contributed by atoms with Gasteiger partial charge in [0.05, 0.1) is 31.2 Å². The van der Waals surface area contributed by atoms with Crippen molar-refractivity contribution in [2.24, 2.45) is 12.0 Å². The summed E-state index contributed by atoms with van der Waals surface area (Å²) < 4.78 is 29.3. The van der Waals surface area contributed by atoms with Crippen LogP contribution in [0.1, 0.15) is 30.8 Å². The fraction of sp³-hybridized carbons (Fsp3) is 0.765. The number of rotatable bonds is 10. The Morgan fingerprint density at radius 3 is 2.58 bits per heavy atom. The number of sulfone groups is 1. The lowest BCUT2D eigenvalue weighted by Gasteiger charge is -2.18. The van der Waals surface area contributed by atoms with Crippen molar-refractivity contribution in [3.63, 3.8) is 0 Å². The maximum Gasteiger partial charge on any atom is 0.191 e. The van der Waals surface area contributed by atoms with E-state index in [1.165, 1.54) is 17.5 Å². The number of aromatic nitrogens is 2. The van der Waals surface area contributed by atoms with Crippen LogP contribution in [0, 0.1) is 13.8 Å². The van der Waals surface area contributed by atoms with Gasteiger partial charge in [0.1, 0.15) is 9.84 Å². The largest absolute Gasteiger partial charge is 0.378 e. The summed E-state index contributed by atoms with van der Waals surface area (Å²) in [5.74, 6) is 0.765. The molecule has 0 fully saturated rings. The van der Waals surface area contributed by atoms with Crippen molar-refractivity contribution in [3.8, 4) is 0 Å². The highest BCUT2D eigenvalue weighted by molar-refractivity contribution is 7.90. The summed E-state index contributed by atoms with van der Waals surface area (Å²) in [6, 6.07) is 0.195. The van der Waals surface area contributed by atoms with Gasteiger partial charge in [-0.15, -0.1) is 0 Å². The number of hydrogen-bond acceptors (Lipinski definition) is 5. The predicted molar refractivity (Wildman–Crippen MR) is 105 cm³/mol. The van der Waals surface area contributed by atoms with E-state index in [0.717, 1.165) is 24.6 Å².